The summed E-state index contributed by atoms with van der Waals surface area (Å²) in [6, 6.07) is 13.9. The number of nitrogens with one attached hydrogen (secondary N) is 1. The van der Waals surface area contributed by atoms with Gasteiger partial charge in [0.1, 0.15) is 11.8 Å². The van der Waals surface area contributed by atoms with Gasteiger partial charge in [0, 0.05) is 24.5 Å². The lowest BCUT2D eigenvalue weighted by Crippen LogP contribution is -2.17. The quantitative estimate of drug-likeness (QED) is 0.922. The van der Waals surface area contributed by atoms with Gasteiger partial charge < -0.3 is 14.6 Å². The maximum Gasteiger partial charge on any atom is 0.203 e. The molecule has 0 spiro atoms. The number of hydrogen-bond acceptors (Lipinski definition) is 4. The highest BCUT2D eigenvalue weighted by atomic mass is 16.3. The molecule has 3 rings (SSSR count). The van der Waals surface area contributed by atoms with Crippen molar-refractivity contribution in [3.05, 3.63) is 47.9 Å². The second kappa shape index (κ2) is 5.70. The highest BCUT2D eigenvalue weighted by molar-refractivity contribution is 5.58. The SMILES string of the molecule is N#Cc1ccc(CNc2cccc(N3CCCC3)c2)o1. The molecule has 20 heavy (non-hydrogen) atoms. The minimum absolute atomic E-state index is 0.354. The summed E-state index contributed by atoms with van der Waals surface area (Å²) in [4.78, 5) is 2.41. The van der Waals surface area contributed by atoms with Gasteiger partial charge in [-0.3, -0.25) is 0 Å². The first-order chi connectivity index (χ1) is 9.85. The van der Waals surface area contributed by atoms with Crippen molar-refractivity contribution >= 4 is 11.4 Å². The molecule has 0 bridgehead atoms. The lowest BCUT2D eigenvalue weighted by molar-refractivity contribution is 0.506. The van der Waals surface area contributed by atoms with Gasteiger partial charge >= 0.3 is 0 Å². The number of anilines is 2. The fraction of sp³-hybridized carbons (Fsp3) is 0.312. The molecule has 1 aliphatic rings. The van der Waals surface area contributed by atoms with Crippen LogP contribution in [0.2, 0.25) is 0 Å². The molecule has 1 fully saturated rings. The molecule has 0 saturated carbocycles. The molecule has 1 aromatic carbocycles. The summed E-state index contributed by atoms with van der Waals surface area (Å²) in [6.07, 6.45) is 2.56. The van der Waals surface area contributed by atoms with Gasteiger partial charge in [0.25, 0.3) is 0 Å². The van der Waals surface area contributed by atoms with Crippen LogP contribution in [0, 0.1) is 11.3 Å². The third-order valence-electron chi connectivity index (χ3n) is 3.56. The average molecular weight is 267 g/mol. The smallest absolute Gasteiger partial charge is 0.203 e. The van der Waals surface area contributed by atoms with Crippen LogP contribution in [0.25, 0.3) is 0 Å². The standard InChI is InChI=1S/C16H17N3O/c17-11-15-6-7-16(20-15)12-18-13-4-3-5-14(10-13)19-8-1-2-9-19/h3-7,10,18H,1-2,8-9,12H2. The van der Waals surface area contributed by atoms with E-state index in [0.29, 0.717) is 12.3 Å². The predicted molar refractivity (Wildman–Crippen MR) is 78.6 cm³/mol. The number of benzene rings is 1. The summed E-state index contributed by atoms with van der Waals surface area (Å²) in [5, 5.41) is 12.1. The van der Waals surface area contributed by atoms with E-state index >= 15 is 0 Å². The van der Waals surface area contributed by atoms with Crippen molar-refractivity contribution in [2.75, 3.05) is 23.3 Å². The van der Waals surface area contributed by atoms with Crippen molar-refractivity contribution < 1.29 is 4.42 Å². The highest BCUT2D eigenvalue weighted by Crippen LogP contribution is 2.23. The summed E-state index contributed by atoms with van der Waals surface area (Å²) >= 11 is 0. The maximum absolute atomic E-state index is 8.72. The van der Waals surface area contributed by atoms with Crippen molar-refractivity contribution in [3.63, 3.8) is 0 Å². The normalized spacial score (nSPS) is 14.2. The first kappa shape index (κ1) is 12.6. The lowest BCUT2D eigenvalue weighted by atomic mass is 10.2. The molecule has 2 aromatic rings. The summed E-state index contributed by atoms with van der Waals surface area (Å²) in [5.41, 5.74) is 2.34. The van der Waals surface area contributed by atoms with Gasteiger partial charge in [-0.2, -0.15) is 5.26 Å². The fourth-order valence-corrected chi connectivity index (χ4v) is 2.51. The number of nitriles is 1. The zero-order valence-electron chi connectivity index (χ0n) is 11.3. The molecule has 4 heteroatoms. The van der Waals surface area contributed by atoms with Crippen LogP contribution in [-0.2, 0) is 6.54 Å². The third-order valence-corrected chi connectivity index (χ3v) is 3.56. The number of nitrogens with zero attached hydrogens (tertiary/aromatic N) is 2. The molecule has 1 saturated heterocycles. The largest absolute Gasteiger partial charge is 0.449 e. The van der Waals surface area contributed by atoms with Gasteiger partial charge in [0.2, 0.25) is 5.76 Å². The number of rotatable bonds is 4. The second-order valence-corrected chi connectivity index (χ2v) is 4.98. The molecule has 2 heterocycles. The zero-order valence-corrected chi connectivity index (χ0v) is 11.3. The molecule has 0 radical (unpaired) electrons. The first-order valence-electron chi connectivity index (χ1n) is 6.93. The van der Waals surface area contributed by atoms with Crippen LogP contribution in [0.15, 0.2) is 40.8 Å². The lowest BCUT2D eigenvalue weighted by Gasteiger charge is -2.18. The molecule has 0 aliphatic carbocycles. The van der Waals surface area contributed by atoms with Crippen LogP contribution >= 0.6 is 0 Å². The van der Waals surface area contributed by atoms with Gasteiger partial charge in [-0.15, -0.1) is 0 Å². The van der Waals surface area contributed by atoms with E-state index in [1.165, 1.54) is 18.5 Å². The van der Waals surface area contributed by atoms with E-state index in [1.807, 2.05) is 18.2 Å². The molecule has 0 atom stereocenters. The molecule has 0 amide bonds. The molecule has 4 nitrogen and oxygen atoms in total. The van der Waals surface area contributed by atoms with Gasteiger partial charge in [-0.1, -0.05) is 6.07 Å². The minimum Gasteiger partial charge on any atom is -0.449 e. The van der Waals surface area contributed by atoms with Crippen LogP contribution in [-0.4, -0.2) is 13.1 Å². The van der Waals surface area contributed by atoms with Crippen LogP contribution in [0.5, 0.6) is 0 Å². The Bertz CT molecular complexity index is 621. The Kier molecular flexibility index (Phi) is 3.60. The average Bonchev–Trinajstić information content (AvgIpc) is 3.17. The zero-order chi connectivity index (χ0) is 13.8. The molecular weight excluding hydrogens is 250 g/mol. The Balaban J connectivity index is 1.65. The Morgan fingerprint density at radius 1 is 1.20 bits per heavy atom. The number of hydrogen-bond donors (Lipinski definition) is 1. The first-order valence-corrected chi connectivity index (χ1v) is 6.93. The second-order valence-electron chi connectivity index (χ2n) is 4.98. The van der Waals surface area contributed by atoms with Crippen LogP contribution in [0.3, 0.4) is 0 Å². The van der Waals surface area contributed by atoms with Gasteiger partial charge in [0.15, 0.2) is 0 Å². The van der Waals surface area contributed by atoms with E-state index in [1.54, 1.807) is 6.07 Å². The Morgan fingerprint density at radius 2 is 2.05 bits per heavy atom. The number of furan rings is 1. The topological polar surface area (TPSA) is 52.2 Å². The van der Waals surface area contributed by atoms with E-state index in [9.17, 15) is 0 Å². The van der Waals surface area contributed by atoms with Gasteiger partial charge in [-0.05, 0) is 43.2 Å². The van der Waals surface area contributed by atoms with Crippen molar-refractivity contribution in [2.45, 2.75) is 19.4 Å². The highest BCUT2D eigenvalue weighted by Gasteiger charge is 2.12. The van der Waals surface area contributed by atoms with E-state index < -0.39 is 0 Å². The van der Waals surface area contributed by atoms with Crippen LogP contribution in [0.1, 0.15) is 24.4 Å². The van der Waals surface area contributed by atoms with Crippen molar-refractivity contribution in [3.8, 4) is 6.07 Å². The van der Waals surface area contributed by atoms with E-state index in [0.717, 1.165) is 24.5 Å². The predicted octanol–water partition coefficient (Wildman–Crippen LogP) is 3.36. The maximum atomic E-state index is 8.72. The Labute approximate surface area is 118 Å². The van der Waals surface area contributed by atoms with Crippen molar-refractivity contribution in [2.24, 2.45) is 0 Å². The van der Waals surface area contributed by atoms with Crippen molar-refractivity contribution in [1.82, 2.24) is 0 Å². The monoisotopic (exact) mass is 267 g/mol. The van der Waals surface area contributed by atoms with Crippen LogP contribution < -0.4 is 10.2 Å². The molecule has 1 aromatic heterocycles. The fourth-order valence-electron chi connectivity index (χ4n) is 2.51. The summed E-state index contributed by atoms with van der Waals surface area (Å²) in [5.74, 6) is 1.13. The molecule has 0 unspecified atom stereocenters. The van der Waals surface area contributed by atoms with E-state index in [-0.39, 0.29) is 0 Å². The summed E-state index contributed by atoms with van der Waals surface area (Å²) in [7, 11) is 0. The molecule has 102 valence electrons. The van der Waals surface area contributed by atoms with Gasteiger partial charge in [0.05, 0.1) is 6.54 Å². The minimum atomic E-state index is 0.354. The summed E-state index contributed by atoms with van der Waals surface area (Å²) < 4.78 is 5.35. The van der Waals surface area contributed by atoms with Crippen molar-refractivity contribution in [1.29, 1.82) is 5.26 Å². The van der Waals surface area contributed by atoms with Gasteiger partial charge in [-0.25, -0.2) is 0 Å². The molecule has 1 N–H and O–H groups in total. The van der Waals surface area contributed by atoms with E-state index in [2.05, 4.69) is 28.4 Å². The Hall–Kier alpha value is -2.41. The van der Waals surface area contributed by atoms with Crippen LogP contribution in [0.4, 0.5) is 11.4 Å². The molecule has 1 aliphatic heterocycles. The third kappa shape index (κ3) is 2.77. The summed E-state index contributed by atoms with van der Waals surface area (Å²) in [6.45, 7) is 2.88. The Morgan fingerprint density at radius 3 is 2.80 bits per heavy atom. The van der Waals surface area contributed by atoms with E-state index in [4.69, 9.17) is 9.68 Å². The molecular formula is C16H17N3O.